The molecule has 0 saturated carbocycles. The van der Waals surface area contributed by atoms with Crippen molar-refractivity contribution in [3.8, 4) is 11.3 Å². The van der Waals surface area contributed by atoms with Gasteiger partial charge in [-0.25, -0.2) is 0 Å². The molecule has 1 amide bonds. The Morgan fingerprint density at radius 1 is 1.24 bits per heavy atom. The van der Waals surface area contributed by atoms with Crippen LogP contribution in [0, 0.1) is 0 Å². The molecular weight excluding hydrogens is 340 g/mol. The third-order valence-corrected chi connectivity index (χ3v) is 4.66. The molecule has 1 saturated heterocycles. The van der Waals surface area contributed by atoms with E-state index in [0.29, 0.717) is 16.5 Å². The summed E-state index contributed by atoms with van der Waals surface area (Å²) in [6.07, 6.45) is 0.893. The first-order valence-corrected chi connectivity index (χ1v) is 8.97. The summed E-state index contributed by atoms with van der Waals surface area (Å²) in [5.74, 6) is 0.692. The molecule has 25 heavy (non-hydrogen) atoms. The highest BCUT2D eigenvalue weighted by molar-refractivity contribution is 6.33. The maximum atomic E-state index is 12.4. The Kier molecular flexibility index (Phi) is 6.13. The highest BCUT2D eigenvalue weighted by atomic mass is 35.5. The van der Waals surface area contributed by atoms with Crippen LogP contribution in [0.1, 0.15) is 23.9 Å². The van der Waals surface area contributed by atoms with Crippen LogP contribution >= 0.6 is 11.6 Å². The van der Waals surface area contributed by atoms with Crippen molar-refractivity contribution in [2.24, 2.45) is 0 Å². The summed E-state index contributed by atoms with van der Waals surface area (Å²) in [6.45, 7) is 6.46. The number of carbonyl (C=O) groups is 1. The lowest BCUT2D eigenvalue weighted by atomic mass is 10.2. The molecule has 1 aromatic heterocycles. The summed E-state index contributed by atoms with van der Waals surface area (Å²) in [5.41, 5.74) is 0.781. The van der Waals surface area contributed by atoms with Gasteiger partial charge >= 0.3 is 0 Å². The van der Waals surface area contributed by atoms with Gasteiger partial charge in [-0.2, -0.15) is 0 Å². The van der Waals surface area contributed by atoms with E-state index >= 15 is 0 Å². The number of hydrogen-bond acceptors (Lipinski definition) is 4. The molecule has 0 spiro atoms. The minimum atomic E-state index is -0.201. The van der Waals surface area contributed by atoms with Crippen molar-refractivity contribution < 1.29 is 13.9 Å². The largest absolute Gasteiger partial charge is 0.451 e. The van der Waals surface area contributed by atoms with Gasteiger partial charge in [0.1, 0.15) is 5.76 Å². The van der Waals surface area contributed by atoms with Crippen LogP contribution in [-0.4, -0.2) is 49.7 Å². The first-order valence-electron chi connectivity index (χ1n) is 8.59. The first kappa shape index (κ1) is 18.0. The summed E-state index contributed by atoms with van der Waals surface area (Å²) < 4.78 is 11.0. The summed E-state index contributed by atoms with van der Waals surface area (Å²) in [6, 6.07) is 10.9. The van der Waals surface area contributed by atoms with Crippen molar-refractivity contribution in [1.82, 2.24) is 10.2 Å². The Labute approximate surface area is 152 Å². The van der Waals surface area contributed by atoms with Crippen molar-refractivity contribution in [1.29, 1.82) is 0 Å². The number of amides is 1. The van der Waals surface area contributed by atoms with E-state index in [0.717, 1.165) is 44.8 Å². The zero-order valence-corrected chi connectivity index (χ0v) is 15.1. The zero-order chi connectivity index (χ0) is 17.6. The van der Waals surface area contributed by atoms with E-state index in [1.807, 2.05) is 25.1 Å². The Bertz CT molecular complexity index is 710. The van der Waals surface area contributed by atoms with E-state index in [-0.39, 0.29) is 11.9 Å². The molecule has 2 aromatic rings. The number of halogens is 1. The number of ether oxygens (including phenoxy) is 1. The molecule has 1 N–H and O–H groups in total. The third-order valence-electron chi connectivity index (χ3n) is 4.33. The number of morpholine rings is 1. The molecule has 1 aliphatic heterocycles. The summed E-state index contributed by atoms with van der Waals surface area (Å²) in [4.78, 5) is 14.7. The fraction of sp³-hybridized carbons (Fsp3) is 0.421. The van der Waals surface area contributed by atoms with E-state index in [4.69, 9.17) is 20.8 Å². The molecule has 3 rings (SSSR count). The molecule has 1 aliphatic rings. The smallest absolute Gasteiger partial charge is 0.287 e. The van der Waals surface area contributed by atoms with Gasteiger partial charge in [-0.15, -0.1) is 0 Å². The van der Waals surface area contributed by atoms with Gasteiger partial charge < -0.3 is 14.5 Å². The number of nitrogens with zero attached hydrogens (tertiary/aromatic N) is 1. The van der Waals surface area contributed by atoms with Crippen LogP contribution in [0.4, 0.5) is 0 Å². The van der Waals surface area contributed by atoms with Gasteiger partial charge in [-0.05, 0) is 37.6 Å². The maximum Gasteiger partial charge on any atom is 0.287 e. The van der Waals surface area contributed by atoms with Crippen molar-refractivity contribution in [3.05, 3.63) is 47.2 Å². The topological polar surface area (TPSA) is 54.7 Å². The van der Waals surface area contributed by atoms with Crippen molar-refractivity contribution in [3.63, 3.8) is 0 Å². The van der Waals surface area contributed by atoms with Crippen LogP contribution in [0.3, 0.4) is 0 Å². The molecule has 0 bridgehead atoms. The van der Waals surface area contributed by atoms with Gasteiger partial charge in [0.25, 0.3) is 5.91 Å². The standard InChI is InChI=1S/C19H23ClN2O3/c1-14(8-9-22-10-12-24-13-11-22)21-19(23)18-7-6-17(25-18)15-4-2-3-5-16(15)20/h2-7,14H,8-13H2,1H3,(H,21,23). The Morgan fingerprint density at radius 2 is 2.00 bits per heavy atom. The van der Waals surface area contributed by atoms with Gasteiger partial charge in [-0.1, -0.05) is 23.7 Å². The van der Waals surface area contributed by atoms with Gasteiger partial charge in [0.05, 0.1) is 18.2 Å². The molecule has 1 aromatic carbocycles. The van der Waals surface area contributed by atoms with Crippen LogP contribution in [0.5, 0.6) is 0 Å². The number of nitrogens with one attached hydrogen (secondary N) is 1. The Balaban J connectivity index is 1.53. The quantitative estimate of drug-likeness (QED) is 0.855. The number of furan rings is 1. The van der Waals surface area contributed by atoms with Crippen molar-refractivity contribution >= 4 is 17.5 Å². The van der Waals surface area contributed by atoms with Gasteiger partial charge in [0.15, 0.2) is 5.76 Å². The fourth-order valence-electron chi connectivity index (χ4n) is 2.83. The molecule has 0 radical (unpaired) electrons. The van der Waals surface area contributed by atoms with Crippen LogP contribution < -0.4 is 5.32 Å². The van der Waals surface area contributed by atoms with Crippen LogP contribution in [0.25, 0.3) is 11.3 Å². The minimum Gasteiger partial charge on any atom is -0.451 e. The predicted octanol–water partition coefficient (Wildman–Crippen LogP) is 3.44. The average molecular weight is 363 g/mol. The molecule has 5 nitrogen and oxygen atoms in total. The van der Waals surface area contributed by atoms with E-state index in [9.17, 15) is 4.79 Å². The zero-order valence-electron chi connectivity index (χ0n) is 14.3. The lowest BCUT2D eigenvalue weighted by Crippen LogP contribution is -2.40. The predicted molar refractivity (Wildman–Crippen MR) is 98.0 cm³/mol. The fourth-order valence-corrected chi connectivity index (χ4v) is 3.06. The normalized spacial score (nSPS) is 16.6. The van der Waals surface area contributed by atoms with Crippen molar-refractivity contribution in [2.45, 2.75) is 19.4 Å². The second-order valence-electron chi connectivity index (χ2n) is 6.26. The molecular formula is C19H23ClN2O3. The molecule has 134 valence electrons. The molecule has 0 aliphatic carbocycles. The second-order valence-corrected chi connectivity index (χ2v) is 6.67. The first-order chi connectivity index (χ1) is 12.1. The Morgan fingerprint density at radius 3 is 2.76 bits per heavy atom. The van der Waals surface area contributed by atoms with Gasteiger partial charge in [-0.3, -0.25) is 9.69 Å². The van der Waals surface area contributed by atoms with E-state index in [2.05, 4.69) is 10.2 Å². The lowest BCUT2D eigenvalue weighted by molar-refractivity contribution is 0.0362. The maximum absolute atomic E-state index is 12.4. The number of carbonyl (C=O) groups excluding carboxylic acids is 1. The van der Waals surface area contributed by atoms with E-state index in [1.165, 1.54) is 0 Å². The number of benzene rings is 1. The number of hydrogen-bond donors (Lipinski definition) is 1. The van der Waals surface area contributed by atoms with E-state index < -0.39 is 0 Å². The molecule has 1 unspecified atom stereocenters. The molecule has 1 fully saturated rings. The monoisotopic (exact) mass is 362 g/mol. The SMILES string of the molecule is CC(CCN1CCOCC1)NC(=O)c1ccc(-c2ccccc2Cl)o1. The highest BCUT2D eigenvalue weighted by Crippen LogP contribution is 2.29. The van der Waals surface area contributed by atoms with Crippen molar-refractivity contribution in [2.75, 3.05) is 32.8 Å². The number of rotatable bonds is 6. The van der Waals surface area contributed by atoms with Gasteiger partial charge in [0, 0.05) is 31.2 Å². The van der Waals surface area contributed by atoms with E-state index in [1.54, 1.807) is 18.2 Å². The molecule has 1 atom stereocenters. The average Bonchev–Trinajstić information content (AvgIpc) is 3.11. The summed E-state index contributed by atoms with van der Waals surface area (Å²) in [5, 5.41) is 3.59. The highest BCUT2D eigenvalue weighted by Gasteiger charge is 2.17. The van der Waals surface area contributed by atoms with Crippen LogP contribution in [0.15, 0.2) is 40.8 Å². The molecule has 6 heteroatoms. The third kappa shape index (κ3) is 4.84. The second kappa shape index (κ2) is 8.52. The molecule has 2 heterocycles. The van der Waals surface area contributed by atoms with Crippen LogP contribution in [-0.2, 0) is 4.74 Å². The summed E-state index contributed by atoms with van der Waals surface area (Å²) in [7, 11) is 0. The summed E-state index contributed by atoms with van der Waals surface area (Å²) >= 11 is 6.17. The minimum absolute atomic E-state index is 0.0733. The van der Waals surface area contributed by atoms with Gasteiger partial charge in [0.2, 0.25) is 0 Å². The van der Waals surface area contributed by atoms with Crippen LogP contribution in [0.2, 0.25) is 5.02 Å². The Hall–Kier alpha value is -1.82. The lowest BCUT2D eigenvalue weighted by Gasteiger charge is -2.27.